The molecule has 2 fully saturated rings. The Morgan fingerprint density at radius 2 is 2.05 bits per heavy atom. The minimum atomic E-state index is -0.362. The Morgan fingerprint density at radius 3 is 2.77 bits per heavy atom. The highest BCUT2D eigenvalue weighted by Gasteiger charge is 2.28. The van der Waals surface area contributed by atoms with Gasteiger partial charge in [-0.15, -0.1) is 0 Å². The summed E-state index contributed by atoms with van der Waals surface area (Å²) in [5.41, 5.74) is 4.33. The number of carbonyl (C=O) groups excluding carboxylic acids is 1. The van der Waals surface area contributed by atoms with Crippen LogP contribution in [0.25, 0.3) is 22.4 Å². The molecule has 9 heteroatoms. The van der Waals surface area contributed by atoms with Gasteiger partial charge in [0.2, 0.25) is 0 Å². The van der Waals surface area contributed by atoms with Crippen LogP contribution in [0.3, 0.4) is 0 Å². The van der Waals surface area contributed by atoms with Crippen LogP contribution in [0.2, 0.25) is 0 Å². The van der Waals surface area contributed by atoms with Gasteiger partial charge in [-0.05, 0) is 69.3 Å². The number of nitrogens with one attached hydrogen (secondary N) is 2. The molecular weight excluding hydrogens is 494 g/mol. The Bertz CT molecular complexity index is 1360. The highest BCUT2D eigenvalue weighted by molar-refractivity contribution is 5.81. The number of likely N-dealkylation sites (N-methyl/N-ethyl adjacent to an activating group) is 1. The Balaban J connectivity index is 1.40. The largest absolute Gasteiger partial charge is 0.461 e. The van der Waals surface area contributed by atoms with Gasteiger partial charge in [0, 0.05) is 37.0 Å². The monoisotopic (exact) mass is 535 g/mol. The molecule has 1 saturated heterocycles. The summed E-state index contributed by atoms with van der Waals surface area (Å²) in [6, 6.07) is 7.78. The molecular formula is C30H41N5O4. The lowest BCUT2D eigenvalue weighted by molar-refractivity contribution is -0.152. The third-order valence-corrected chi connectivity index (χ3v) is 7.92. The quantitative estimate of drug-likeness (QED) is 0.404. The first-order valence-electron chi connectivity index (χ1n) is 14.2. The summed E-state index contributed by atoms with van der Waals surface area (Å²) < 4.78 is 14.1. The number of hydrogen-bond donors (Lipinski definition) is 2. The van der Waals surface area contributed by atoms with Crippen molar-refractivity contribution in [1.82, 2.24) is 24.8 Å². The van der Waals surface area contributed by atoms with Crippen LogP contribution in [0.1, 0.15) is 50.7 Å². The first-order valence-corrected chi connectivity index (χ1v) is 14.2. The normalized spacial score (nSPS) is 19.7. The van der Waals surface area contributed by atoms with Gasteiger partial charge >= 0.3 is 5.97 Å². The van der Waals surface area contributed by atoms with Crippen LogP contribution in [0.15, 0.2) is 35.3 Å². The number of nitrogens with zero attached hydrogens (tertiary/aromatic N) is 3. The molecule has 39 heavy (non-hydrogen) atoms. The molecule has 1 aliphatic carbocycles. The highest BCUT2D eigenvalue weighted by Crippen LogP contribution is 2.27. The summed E-state index contributed by atoms with van der Waals surface area (Å²) in [4.78, 5) is 35.1. The predicted molar refractivity (Wildman–Crippen MR) is 152 cm³/mol. The van der Waals surface area contributed by atoms with Gasteiger partial charge < -0.3 is 29.2 Å². The molecule has 0 amide bonds. The van der Waals surface area contributed by atoms with Crippen molar-refractivity contribution in [2.45, 2.75) is 77.8 Å². The first kappa shape index (κ1) is 27.6. The summed E-state index contributed by atoms with van der Waals surface area (Å²) >= 11 is 0. The maximum absolute atomic E-state index is 12.9. The van der Waals surface area contributed by atoms with Gasteiger partial charge in [0.25, 0.3) is 5.56 Å². The van der Waals surface area contributed by atoms with E-state index in [4.69, 9.17) is 14.5 Å². The first-order chi connectivity index (χ1) is 18.8. The van der Waals surface area contributed by atoms with E-state index in [1.165, 1.54) is 0 Å². The van der Waals surface area contributed by atoms with Crippen molar-refractivity contribution in [3.05, 3.63) is 51.9 Å². The molecule has 2 aliphatic rings. The number of rotatable bonds is 9. The molecule has 210 valence electrons. The van der Waals surface area contributed by atoms with Crippen molar-refractivity contribution in [1.29, 1.82) is 0 Å². The van der Waals surface area contributed by atoms with E-state index >= 15 is 0 Å². The lowest BCUT2D eigenvalue weighted by atomic mass is 10.0. The standard InChI is InChI=1S/C30H41N5O4/c1-19(2)27(30(37)39-23-7-5-6-8-23)31-15-21-9-10-26-25(14-21)33-28(22-13-20(3)29(36)32-16-22)35(26)18-24-17-34(4)11-12-38-24/h9-10,13-14,16,19,23-24,27,31H,5-8,11-12,15,17-18H2,1-4H3,(H,32,36)/t24?,27-/m0/s1. The van der Waals surface area contributed by atoms with Crippen LogP contribution in [0.4, 0.5) is 0 Å². The van der Waals surface area contributed by atoms with Gasteiger partial charge in [-0.2, -0.15) is 0 Å². The van der Waals surface area contributed by atoms with Crippen LogP contribution >= 0.6 is 0 Å². The molecule has 2 atom stereocenters. The molecule has 1 unspecified atom stereocenters. The van der Waals surface area contributed by atoms with Crippen molar-refractivity contribution in [3.63, 3.8) is 0 Å². The third kappa shape index (κ3) is 6.42. The summed E-state index contributed by atoms with van der Waals surface area (Å²) in [6.45, 7) is 9.57. The molecule has 1 aliphatic heterocycles. The number of ether oxygens (including phenoxy) is 2. The average Bonchev–Trinajstić information content (AvgIpc) is 3.53. The molecule has 0 spiro atoms. The second-order valence-corrected chi connectivity index (χ2v) is 11.5. The second-order valence-electron chi connectivity index (χ2n) is 11.5. The van der Waals surface area contributed by atoms with Crippen LogP contribution in [-0.4, -0.2) is 70.4 Å². The number of imidazole rings is 1. The van der Waals surface area contributed by atoms with Gasteiger partial charge in [-0.1, -0.05) is 19.9 Å². The maximum atomic E-state index is 12.9. The number of H-pyrrole nitrogens is 1. The Labute approximate surface area is 229 Å². The van der Waals surface area contributed by atoms with E-state index in [0.717, 1.165) is 66.8 Å². The fourth-order valence-corrected chi connectivity index (χ4v) is 5.66. The molecule has 3 heterocycles. The molecule has 5 rings (SSSR count). The molecule has 3 aromatic rings. The molecule has 0 radical (unpaired) electrons. The Kier molecular flexibility index (Phi) is 8.49. The number of benzene rings is 1. The van der Waals surface area contributed by atoms with Crippen LogP contribution in [-0.2, 0) is 27.4 Å². The zero-order valence-corrected chi connectivity index (χ0v) is 23.5. The third-order valence-electron chi connectivity index (χ3n) is 7.92. The fraction of sp³-hybridized carbons (Fsp3) is 0.567. The molecule has 1 aromatic carbocycles. The number of aryl methyl sites for hydroxylation is 1. The van der Waals surface area contributed by atoms with Crippen molar-refractivity contribution in [3.8, 4) is 11.4 Å². The molecule has 0 bridgehead atoms. The van der Waals surface area contributed by atoms with Crippen LogP contribution in [0, 0.1) is 12.8 Å². The van der Waals surface area contributed by atoms with Crippen LogP contribution < -0.4 is 10.9 Å². The SMILES string of the molecule is Cc1cc(-c2nc3cc(CN[C@H](C(=O)OC4CCCC4)C(C)C)ccc3n2CC2CN(C)CCO2)c[nH]c1=O. The molecule has 9 nitrogen and oxygen atoms in total. The van der Waals surface area contributed by atoms with Gasteiger partial charge in [0.15, 0.2) is 0 Å². The topological polar surface area (TPSA) is 101 Å². The predicted octanol–water partition coefficient (Wildman–Crippen LogP) is 3.63. The van der Waals surface area contributed by atoms with Crippen molar-refractivity contribution >= 4 is 17.0 Å². The maximum Gasteiger partial charge on any atom is 0.323 e. The zero-order valence-electron chi connectivity index (χ0n) is 23.5. The van der Waals surface area contributed by atoms with Gasteiger partial charge in [-0.25, -0.2) is 4.98 Å². The van der Waals surface area contributed by atoms with Crippen molar-refractivity contribution in [2.24, 2.45) is 5.92 Å². The number of fused-ring (bicyclic) bond motifs is 1. The number of pyridine rings is 1. The molecule has 2 N–H and O–H groups in total. The lowest BCUT2D eigenvalue weighted by Gasteiger charge is -2.30. The van der Waals surface area contributed by atoms with E-state index in [0.29, 0.717) is 25.3 Å². The number of aromatic nitrogens is 3. The van der Waals surface area contributed by atoms with E-state index in [-0.39, 0.29) is 35.7 Å². The van der Waals surface area contributed by atoms with E-state index < -0.39 is 0 Å². The lowest BCUT2D eigenvalue weighted by Crippen LogP contribution is -2.42. The number of aromatic amines is 1. The van der Waals surface area contributed by atoms with E-state index in [1.54, 1.807) is 13.1 Å². The van der Waals surface area contributed by atoms with Gasteiger partial charge in [0.1, 0.15) is 18.0 Å². The van der Waals surface area contributed by atoms with E-state index in [2.05, 4.69) is 45.0 Å². The Hall–Kier alpha value is -3.01. The smallest absolute Gasteiger partial charge is 0.323 e. The molecule has 1 saturated carbocycles. The number of morpholine rings is 1. The minimum absolute atomic E-state index is 0.0442. The average molecular weight is 536 g/mol. The van der Waals surface area contributed by atoms with Gasteiger partial charge in [0.05, 0.1) is 30.3 Å². The Morgan fingerprint density at radius 1 is 1.26 bits per heavy atom. The summed E-state index contributed by atoms with van der Waals surface area (Å²) in [5.74, 6) is 0.757. The van der Waals surface area contributed by atoms with Crippen molar-refractivity contribution < 1.29 is 14.3 Å². The van der Waals surface area contributed by atoms with E-state index in [1.807, 2.05) is 19.9 Å². The highest BCUT2D eigenvalue weighted by atomic mass is 16.5. The van der Waals surface area contributed by atoms with Crippen LogP contribution in [0.5, 0.6) is 0 Å². The summed E-state index contributed by atoms with van der Waals surface area (Å²) in [7, 11) is 2.11. The summed E-state index contributed by atoms with van der Waals surface area (Å²) in [5, 5.41) is 3.44. The van der Waals surface area contributed by atoms with Crippen molar-refractivity contribution in [2.75, 3.05) is 26.7 Å². The number of esters is 1. The summed E-state index contributed by atoms with van der Waals surface area (Å²) in [6.07, 6.45) is 6.03. The second kappa shape index (κ2) is 12.0. The minimum Gasteiger partial charge on any atom is -0.461 e. The van der Waals surface area contributed by atoms with Gasteiger partial charge in [-0.3, -0.25) is 9.59 Å². The fourth-order valence-electron chi connectivity index (χ4n) is 5.66. The number of hydrogen-bond acceptors (Lipinski definition) is 7. The molecule has 2 aromatic heterocycles. The zero-order chi connectivity index (χ0) is 27.5. The van der Waals surface area contributed by atoms with E-state index in [9.17, 15) is 9.59 Å². The number of carbonyl (C=O) groups is 1.